The van der Waals surface area contributed by atoms with Crippen LogP contribution in [0, 0.1) is 6.92 Å². The topological polar surface area (TPSA) is 65.4 Å². The number of benzene rings is 1. The van der Waals surface area contributed by atoms with Crippen molar-refractivity contribution in [2.45, 2.75) is 33.4 Å². The molecule has 0 saturated carbocycles. The van der Waals surface area contributed by atoms with Gasteiger partial charge in [-0.1, -0.05) is 0 Å². The molecule has 8 heteroatoms. The van der Waals surface area contributed by atoms with Crippen molar-refractivity contribution in [3.8, 4) is 11.5 Å². The molecule has 0 saturated heterocycles. The Kier molecular flexibility index (Phi) is 5.73. The van der Waals surface area contributed by atoms with Gasteiger partial charge < -0.3 is 14.8 Å². The van der Waals surface area contributed by atoms with Gasteiger partial charge in [0.2, 0.25) is 5.91 Å². The summed E-state index contributed by atoms with van der Waals surface area (Å²) in [7, 11) is 0. The van der Waals surface area contributed by atoms with Gasteiger partial charge >= 0.3 is 6.61 Å². The number of nitrogens with zero attached hydrogens (tertiary/aromatic N) is 2. The van der Waals surface area contributed by atoms with Gasteiger partial charge in [0.05, 0.1) is 12.8 Å². The van der Waals surface area contributed by atoms with Gasteiger partial charge in [-0.05, 0) is 38.5 Å². The number of halogens is 2. The Labute approximate surface area is 138 Å². The first kappa shape index (κ1) is 17.7. The quantitative estimate of drug-likeness (QED) is 0.840. The molecule has 1 N–H and O–H groups in total. The molecule has 2 aromatic rings. The zero-order chi connectivity index (χ0) is 17.7. The predicted octanol–water partition coefficient (Wildman–Crippen LogP) is 3.39. The molecule has 0 bridgehead atoms. The van der Waals surface area contributed by atoms with E-state index in [-0.39, 0.29) is 24.0 Å². The standard InChI is InChI=1S/C16H19F2N3O3/c1-4-23-14-7-12(5-6-13(14)24-16(17)18)20-15(22)11(3)21-9-10(2)8-19-21/h5-9,11,16H,4H2,1-3H3,(H,20,22). The monoisotopic (exact) mass is 339 g/mol. The van der Waals surface area contributed by atoms with Gasteiger partial charge in [-0.2, -0.15) is 13.9 Å². The normalized spacial score (nSPS) is 12.1. The molecular weight excluding hydrogens is 320 g/mol. The van der Waals surface area contributed by atoms with Crippen LogP contribution in [-0.4, -0.2) is 28.9 Å². The van der Waals surface area contributed by atoms with Crippen LogP contribution in [0.25, 0.3) is 0 Å². The average molecular weight is 339 g/mol. The van der Waals surface area contributed by atoms with Crippen LogP contribution in [0.15, 0.2) is 30.6 Å². The number of amides is 1. The van der Waals surface area contributed by atoms with Crippen molar-refractivity contribution in [1.82, 2.24) is 9.78 Å². The molecule has 1 aromatic heterocycles. The first-order chi connectivity index (χ1) is 11.4. The molecule has 0 spiro atoms. The Morgan fingerprint density at radius 1 is 1.38 bits per heavy atom. The number of hydrogen-bond donors (Lipinski definition) is 1. The summed E-state index contributed by atoms with van der Waals surface area (Å²) in [5.74, 6) is -0.234. The van der Waals surface area contributed by atoms with Crippen LogP contribution in [0.5, 0.6) is 11.5 Å². The summed E-state index contributed by atoms with van der Waals surface area (Å²) in [4.78, 5) is 12.3. The predicted molar refractivity (Wildman–Crippen MR) is 84.5 cm³/mol. The highest BCUT2D eigenvalue weighted by Crippen LogP contribution is 2.32. The summed E-state index contributed by atoms with van der Waals surface area (Å²) in [6.07, 6.45) is 3.42. The van der Waals surface area contributed by atoms with Crippen molar-refractivity contribution in [3.05, 3.63) is 36.2 Å². The number of anilines is 1. The van der Waals surface area contributed by atoms with Gasteiger partial charge in [-0.3, -0.25) is 9.48 Å². The van der Waals surface area contributed by atoms with Gasteiger partial charge in [-0.15, -0.1) is 0 Å². The van der Waals surface area contributed by atoms with E-state index >= 15 is 0 Å². The van der Waals surface area contributed by atoms with E-state index in [1.165, 1.54) is 18.2 Å². The van der Waals surface area contributed by atoms with Crippen molar-refractivity contribution >= 4 is 11.6 Å². The Morgan fingerprint density at radius 3 is 2.71 bits per heavy atom. The molecule has 1 unspecified atom stereocenters. The molecule has 1 aromatic carbocycles. The smallest absolute Gasteiger partial charge is 0.387 e. The van der Waals surface area contributed by atoms with E-state index in [1.807, 2.05) is 6.92 Å². The zero-order valence-electron chi connectivity index (χ0n) is 13.6. The summed E-state index contributed by atoms with van der Waals surface area (Å²) in [5, 5.41) is 6.81. The lowest BCUT2D eigenvalue weighted by Crippen LogP contribution is -2.24. The van der Waals surface area contributed by atoms with Crippen molar-refractivity contribution in [3.63, 3.8) is 0 Å². The fourth-order valence-corrected chi connectivity index (χ4v) is 2.06. The first-order valence-electron chi connectivity index (χ1n) is 7.44. The second-order valence-electron chi connectivity index (χ2n) is 5.14. The highest BCUT2D eigenvalue weighted by molar-refractivity contribution is 5.93. The molecular formula is C16H19F2N3O3. The molecule has 0 aliphatic carbocycles. The highest BCUT2D eigenvalue weighted by Gasteiger charge is 2.17. The highest BCUT2D eigenvalue weighted by atomic mass is 19.3. The maximum absolute atomic E-state index is 12.4. The lowest BCUT2D eigenvalue weighted by atomic mass is 10.2. The fourth-order valence-electron chi connectivity index (χ4n) is 2.06. The molecule has 0 aliphatic rings. The van der Waals surface area contributed by atoms with Crippen molar-refractivity contribution < 1.29 is 23.0 Å². The summed E-state index contributed by atoms with van der Waals surface area (Å²) in [6.45, 7) is 2.64. The zero-order valence-corrected chi connectivity index (χ0v) is 13.6. The van der Waals surface area contributed by atoms with Crippen molar-refractivity contribution in [2.75, 3.05) is 11.9 Å². The third kappa shape index (κ3) is 4.43. The second kappa shape index (κ2) is 7.76. The number of aryl methyl sites for hydroxylation is 1. The molecule has 0 aliphatic heterocycles. The van der Waals surface area contributed by atoms with Gasteiger partial charge in [0.25, 0.3) is 0 Å². The van der Waals surface area contributed by atoms with E-state index in [1.54, 1.807) is 30.9 Å². The summed E-state index contributed by atoms with van der Waals surface area (Å²) in [6, 6.07) is 3.72. The third-order valence-electron chi connectivity index (χ3n) is 3.23. The Bertz CT molecular complexity index is 704. The average Bonchev–Trinajstić information content (AvgIpc) is 2.95. The number of aromatic nitrogens is 2. The van der Waals surface area contributed by atoms with Crippen LogP contribution in [0.3, 0.4) is 0 Å². The van der Waals surface area contributed by atoms with Crippen LogP contribution in [0.2, 0.25) is 0 Å². The van der Waals surface area contributed by atoms with Gasteiger partial charge in [0.15, 0.2) is 11.5 Å². The lowest BCUT2D eigenvalue weighted by Gasteiger charge is -2.15. The van der Waals surface area contributed by atoms with Crippen LogP contribution < -0.4 is 14.8 Å². The Hall–Kier alpha value is -2.64. The molecule has 130 valence electrons. The van der Waals surface area contributed by atoms with Crippen LogP contribution in [-0.2, 0) is 4.79 Å². The minimum absolute atomic E-state index is 0.0828. The summed E-state index contributed by atoms with van der Waals surface area (Å²) < 4.78 is 36.0. The Morgan fingerprint density at radius 2 is 2.12 bits per heavy atom. The third-order valence-corrected chi connectivity index (χ3v) is 3.23. The van der Waals surface area contributed by atoms with E-state index < -0.39 is 12.7 Å². The molecule has 1 atom stereocenters. The maximum Gasteiger partial charge on any atom is 0.387 e. The van der Waals surface area contributed by atoms with Gasteiger partial charge in [-0.25, -0.2) is 0 Å². The first-order valence-corrected chi connectivity index (χ1v) is 7.44. The van der Waals surface area contributed by atoms with E-state index in [0.717, 1.165) is 5.56 Å². The lowest BCUT2D eigenvalue weighted by molar-refractivity contribution is -0.119. The number of nitrogens with one attached hydrogen (secondary N) is 1. The van der Waals surface area contributed by atoms with E-state index in [9.17, 15) is 13.6 Å². The SMILES string of the molecule is CCOc1cc(NC(=O)C(C)n2cc(C)cn2)ccc1OC(F)F. The summed E-state index contributed by atoms with van der Waals surface area (Å²) >= 11 is 0. The number of carbonyl (C=O) groups is 1. The van der Waals surface area contributed by atoms with Crippen LogP contribution >= 0.6 is 0 Å². The number of alkyl halides is 2. The second-order valence-corrected chi connectivity index (χ2v) is 5.14. The van der Waals surface area contributed by atoms with Crippen LogP contribution in [0.1, 0.15) is 25.5 Å². The number of rotatable bonds is 7. The number of ether oxygens (including phenoxy) is 2. The largest absolute Gasteiger partial charge is 0.490 e. The van der Waals surface area contributed by atoms with Gasteiger partial charge in [0, 0.05) is 18.0 Å². The van der Waals surface area contributed by atoms with E-state index in [2.05, 4.69) is 15.2 Å². The minimum Gasteiger partial charge on any atom is -0.490 e. The summed E-state index contributed by atoms with van der Waals surface area (Å²) in [5.41, 5.74) is 1.36. The van der Waals surface area contributed by atoms with E-state index in [0.29, 0.717) is 5.69 Å². The number of hydrogen-bond acceptors (Lipinski definition) is 4. The Balaban J connectivity index is 2.13. The maximum atomic E-state index is 12.4. The van der Waals surface area contributed by atoms with Crippen molar-refractivity contribution in [1.29, 1.82) is 0 Å². The van der Waals surface area contributed by atoms with Crippen LogP contribution in [0.4, 0.5) is 14.5 Å². The molecule has 1 amide bonds. The molecule has 6 nitrogen and oxygen atoms in total. The fraction of sp³-hybridized carbons (Fsp3) is 0.375. The molecule has 0 fully saturated rings. The minimum atomic E-state index is -2.95. The molecule has 0 radical (unpaired) electrons. The molecule has 2 rings (SSSR count). The molecule has 24 heavy (non-hydrogen) atoms. The number of carbonyl (C=O) groups excluding carboxylic acids is 1. The van der Waals surface area contributed by atoms with Gasteiger partial charge in [0.1, 0.15) is 6.04 Å². The van der Waals surface area contributed by atoms with Crippen molar-refractivity contribution in [2.24, 2.45) is 0 Å². The van der Waals surface area contributed by atoms with E-state index in [4.69, 9.17) is 4.74 Å². The molecule has 1 heterocycles.